The molecule has 4 rings (SSSR count). The van der Waals surface area contributed by atoms with Gasteiger partial charge in [-0.15, -0.1) is 0 Å². The first-order valence-corrected chi connectivity index (χ1v) is 7.87. The Bertz CT molecular complexity index is 779. The van der Waals surface area contributed by atoms with Crippen LogP contribution in [0.4, 0.5) is 5.69 Å². The number of aromatic hydroxyl groups is 1. The molecule has 1 heterocycles. The third-order valence-electron chi connectivity index (χ3n) is 4.60. The van der Waals surface area contributed by atoms with Crippen molar-refractivity contribution in [1.29, 1.82) is 0 Å². The van der Waals surface area contributed by atoms with Crippen LogP contribution in [0.1, 0.15) is 41.8 Å². The third-order valence-corrected chi connectivity index (χ3v) is 4.60. The van der Waals surface area contributed by atoms with Gasteiger partial charge in [-0.05, 0) is 49.4 Å². The molecule has 112 valence electrons. The monoisotopic (exact) mass is 292 g/mol. The molecule has 0 saturated carbocycles. The summed E-state index contributed by atoms with van der Waals surface area (Å²) in [4.78, 5) is 4.92. The summed E-state index contributed by atoms with van der Waals surface area (Å²) in [5.41, 5.74) is 6.96. The first-order valence-electron chi connectivity index (χ1n) is 7.87. The first kappa shape index (κ1) is 13.4. The largest absolute Gasteiger partial charge is 0.508 e. The molecule has 3 nitrogen and oxygen atoms in total. The molecule has 0 spiro atoms. The molecule has 1 aliphatic carbocycles. The molecule has 2 aliphatic rings. The van der Waals surface area contributed by atoms with Gasteiger partial charge in [0, 0.05) is 22.5 Å². The number of hydrogen-bond donors (Lipinski definition) is 2. The predicted octanol–water partition coefficient (Wildman–Crippen LogP) is 4.20. The number of nitrogens with zero attached hydrogens (tertiary/aromatic N) is 1. The summed E-state index contributed by atoms with van der Waals surface area (Å²) in [6.07, 6.45) is 1.92. The first-order chi connectivity index (χ1) is 10.6. The number of nitrogens with one attached hydrogen (secondary N) is 1. The van der Waals surface area contributed by atoms with Crippen LogP contribution in [0.25, 0.3) is 0 Å². The zero-order valence-electron chi connectivity index (χ0n) is 12.9. The Labute approximate surface area is 130 Å². The van der Waals surface area contributed by atoms with E-state index in [0.717, 1.165) is 29.7 Å². The lowest BCUT2D eigenvalue weighted by Gasteiger charge is -2.32. The maximum Gasteiger partial charge on any atom is 0.148 e. The third kappa shape index (κ3) is 2.08. The van der Waals surface area contributed by atoms with Crippen molar-refractivity contribution in [1.82, 2.24) is 0 Å². The summed E-state index contributed by atoms with van der Waals surface area (Å²) in [6, 6.07) is 12.1. The topological polar surface area (TPSA) is 44.6 Å². The van der Waals surface area contributed by atoms with E-state index < -0.39 is 0 Å². The Hall–Kier alpha value is -2.29. The van der Waals surface area contributed by atoms with Gasteiger partial charge in [-0.25, -0.2) is 0 Å². The highest BCUT2D eigenvalue weighted by Crippen LogP contribution is 2.39. The van der Waals surface area contributed by atoms with E-state index >= 15 is 0 Å². The average Bonchev–Trinajstić information content (AvgIpc) is 2.49. The van der Waals surface area contributed by atoms with Crippen LogP contribution >= 0.6 is 0 Å². The maximum atomic E-state index is 10.2. The maximum absolute atomic E-state index is 10.2. The molecular formula is C19H20N2O. The Balaban J connectivity index is 1.84. The van der Waals surface area contributed by atoms with Crippen LogP contribution in [0.3, 0.4) is 0 Å². The zero-order chi connectivity index (χ0) is 15.3. The van der Waals surface area contributed by atoms with Crippen molar-refractivity contribution in [3.63, 3.8) is 0 Å². The Morgan fingerprint density at radius 2 is 2.05 bits per heavy atom. The summed E-state index contributed by atoms with van der Waals surface area (Å²) < 4.78 is 0. The van der Waals surface area contributed by atoms with Gasteiger partial charge in [0.05, 0.1) is 0 Å². The molecule has 0 aromatic heterocycles. The van der Waals surface area contributed by atoms with Gasteiger partial charge in [-0.3, -0.25) is 4.99 Å². The van der Waals surface area contributed by atoms with Crippen molar-refractivity contribution in [2.45, 2.75) is 32.9 Å². The van der Waals surface area contributed by atoms with Crippen LogP contribution in [0.15, 0.2) is 41.4 Å². The van der Waals surface area contributed by atoms with E-state index in [0.29, 0.717) is 11.7 Å². The van der Waals surface area contributed by atoms with Crippen LogP contribution in [0, 0.1) is 12.8 Å². The number of benzene rings is 2. The van der Waals surface area contributed by atoms with Crippen molar-refractivity contribution < 1.29 is 5.11 Å². The van der Waals surface area contributed by atoms with E-state index in [9.17, 15) is 5.11 Å². The second-order valence-corrected chi connectivity index (χ2v) is 6.54. The standard InChI is InChI=1S/C19H20N2O/c1-11-6-7-17(22)14(9-11)19-20-15-5-3-4-13-8-12(2)10-16(21-19)18(13)15/h3-7,9,12,19-20,22H,8,10H2,1-2H3. The summed E-state index contributed by atoms with van der Waals surface area (Å²) in [5, 5.41) is 13.7. The van der Waals surface area contributed by atoms with Crippen LogP contribution in [0.2, 0.25) is 0 Å². The highest BCUT2D eigenvalue weighted by molar-refractivity contribution is 6.08. The molecule has 2 atom stereocenters. The Morgan fingerprint density at radius 3 is 2.91 bits per heavy atom. The lowest BCUT2D eigenvalue weighted by molar-refractivity contribution is 0.464. The smallest absolute Gasteiger partial charge is 0.148 e. The summed E-state index contributed by atoms with van der Waals surface area (Å²) >= 11 is 0. The minimum Gasteiger partial charge on any atom is -0.508 e. The van der Waals surface area contributed by atoms with Gasteiger partial charge >= 0.3 is 0 Å². The number of phenols is 1. The molecule has 0 bridgehead atoms. The lowest BCUT2D eigenvalue weighted by Crippen LogP contribution is -2.27. The molecule has 2 aromatic carbocycles. The molecule has 3 heteroatoms. The van der Waals surface area contributed by atoms with Gasteiger partial charge in [0.25, 0.3) is 0 Å². The van der Waals surface area contributed by atoms with E-state index in [1.54, 1.807) is 6.07 Å². The van der Waals surface area contributed by atoms with Crippen LogP contribution in [-0.4, -0.2) is 10.8 Å². The van der Waals surface area contributed by atoms with Crippen molar-refractivity contribution >= 4 is 11.4 Å². The Kier molecular flexibility index (Phi) is 2.96. The minimum atomic E-state index is -0.206. The quantitative estimate of drug-likeness (QED) is 0.827. The SMILES string of the molecule is Cc1ccc(O)c(C2N=C3CC(C)Cc4cccc(c43)N2)c1. The van der Waals surface area contributed by atoms with E-state index in [1.165, 1.54) is 16.8 Å². The van der Waals surface area contributed by atoms with E-state index in [4.69, 9.17) is 4.99 Å². The van der Waals surface area contributed by atoms with Gasteiger partial charge in [-0.1, -0.05) is 30.7 Å². The number of aryl methyl sites for hydroxylation is 1. The molecule has 0 amide bonds. The number of aliphatic imine (C=N–C) groups is 1. The average molecular weight is 292 g/mol. The van der Waals surface area contributed by atoms with E-state index in [-0.39, 0.29) is 6.17 Å². The second-order valence-electron chi connectivity index (χ2n) is 6.54. The van der Waals surface area contributed by atoms with Crippen LogP contribution < -0.4 is 5.32 Å². The fourth-order valence-electron chi connectivity index (χ4n) is 3.60. The van der Waals surface area contributed by atoms with Crippen LogP contribution in [-0.2, 0) is 6.42 Å². The van der Waals surface area contributed by atoms with Gasteiger partial charge in [0.1, 0.15) is 11.9 Å². The molecule has 0 fully saturated rings. The minimum absolute atomic E-state index is 0.206. The Morgan fingerprint density at radius 1 is 1.18 bits per heavy atom. The number of hydrogen-bond acceptors (Lipinski definition) is 3. The number of anilines is 1. The molecule has 22 heavy (non-hydrogen) atoms. The molecule has 2 N–H and O–H groups in total. The van der Waals surface area contributed by atoms with Crippen molar-refractivity contribution in [3.8, 4) is 5.75 Å². The fraction of sp³-hybridized carbons (Fsp3) is 0.316. The fourth-order valence-corrected chi connectivity index (χ4v) is 3.60. The second kappa shape index (κ2) is 4.87. The van der Waals surface area contributed by atoms with E-state index in [1.807, 2.05) is 19.1 Å². The van der Waals surface area contributed by atoms with Crippen molar-refractivity contribution in [2.24, 2.45) is 10.9 Å². The summed E-state index contributed by atoms with van der Waals surface area (Å²) in [7, 11) is 0. The van der Waals surface area contributed by atoms with Crippen molar-refractivity contribution in [2.75, 3.05) is 5.32 Å². The predicted molar refractivity (Wildman–Crippen MR) is 89.7 cm³/mol. The number of rotatable bonds is 1. The van der Waals surface area contributed by atoms with Crippen LogP contribution in [0.5, 0.6) is 5.75 Å². The van der Waals surface area contributed by atoms with E-state index in [2.05, 4.69) is 30.4 Å². The molecule has 0 saturated heterocycles. The number of phenolic OH excluding ortho intramolecular Hbond substituents is 1. The van der Waals surface area contributed by atoms with Gasteiger partial charge < -0.3 is 10.4 Å². The van der Waals surface area contributed by atoms with Crippen molar-refractivity contribution in [3.05, 3.63) is 58.7 Å². The lowest BCUT2D eigenvalue weighted by atomic mass is 9.81. The van der Waals surface area contributed by atoms with Gasteiger partial charge in [0.15, 0.2) is 0 Å². The van der Waals surface area contributed by atoms with Gasteiger partial charge in [-0.2, -0.15) is 0 Å². The molecule has 2 unspecified atom stereocenters. The normalized spacial score (nSPS) is 22.5. The molecular weight excluding hydrogens is 272 g/mol. The van der Waals surface area contributed by atoms with Gasteiger partial charge in [0.2, 0.25) is 0 Å². The molecule has 2 aromatic rings. The summed E-state index contributed by atoms with van der Waals surface area (Å²) in [6.45, 7) is 4.31. The highest BCUT2D eigenvalue weighted by atomic mass is 16.3. The zero-order valence-corrected chi connectivity index (χ0v) is 12.9. The summed E-state index contributed by atoms with van der Waals surface area (Å²) in [5.74, 6) is 0.919. The molecule has 0 radical (unpaired) electrons. The highest BCUT2D eigenvalue weighted by Gasteiger charge is 2.29. The molecule has 1 aliphatic heterocycles.